The van der Waals surface area contributed by atoms with Gasteiger partial charge in [-0.2, -0.15) is 5.26 Å². The summed E-state index contributed by atoms with van der Waals surface area (Å²) < 4.78 is 5.21. The second-order valence-electron chi connectivity index (χ2n) is 5.85. The molecule has 1 aliphatic heterocycles. The van der Waals surface area contributed by atoms with Crippen LogP contribution < -0.4 is 0 Å². The zero-order valence-corrected chi connectivity index (χ0v) is 13.6. The van der Waals surface area contributed by atoms with Crippen LogP contribution in [0.2, 0.25) is 0 Å². The van der Waals surface area contributed by atoms with Gasteiger partial charge in [0.05, 0.1) is 18.3 Å². The van der Waals surface area contributed by atoms with Crippen molar-refractivity contribution < 1.29 is 9.53 Å². The van der Waals surface area contributed by atoms with E-state index in [2.05, 4.69) is 4.98 Å². The molecule has 0 unspecified atom stereocenters. The first-order valence-electron chi connectivity index (χ1n) is 8.00. The van der Waals surface area contributed by atoms with Gasteiger partial charge in [0.2, 0.25) is 0 Å². The Kier molecular flexibility index (Phi) is 4.88. The van der Waals surface area contributed by atoms with Crippen molar-refractivity contribution in [2.24, 2.45) is 0 Å². The van der Waals surface area contributed by atoms with E-state index in [1.807, 2.05) is 41.3 Å². The average Bonchev–Trinajstić information content (AvgIpc) is 3.10. The lowest BCUT2D eigenvalue weighted by Gasteiger charge is -2.24. The maximum absolute atomic E-state index is 12.7. The Morgan fingerprint density at radius 3 is 2.83 bits per heavy atom. The van der Waals surface area contributed by atoms with Gasteiger partial charge in [0.15, 0.2) is 0 Å². The molecule has 0 bridgehead atoms. The third-order valence-corrected chi connectivity index (χ3v) is 4.29. The minimum absolute atomic E-state index is 0.0415. The summed E-state index contributed by atoms with van der Waals surface area (Å²) in [5.41, 5.74) is 2.66. The molecule has 1 saturated heterocycles. The first kappa shape index (κ1) is 16.2. The van der Waals surface area contributed by atoms with E-state index in [4.69, 9.17) is 10.00 Å². The van der Waals surface area contributed by atoms with Crippen LogP contribution in [0.3, 0.4) is 0 Å². The van der Waals surface area contributed by atoms with Crippen molar-refractivity contribution in [1.29, 1.82) is 5.26 Å². The SMILES string of the molecule is COC[C@@H]1CCCN1C(=O)c1ccc(-c2cccc(C#N)n2)cc1. The van der Waals surface area contributed by atoms with E-state index in [-0.39, 0.29) is 11.9 Å². The molecule has 24 heavy (non-hydrogen) atoms. The molecule has 0 aliphatic carbocycles. The summed E-state index contributed by atoms with van der Waals surface area (Å²) in [7, 11) is 1.66. The number of benzene rings is 1. The second kappa shape index (κ2) is 7.24. The van der Waals surface area contributed by atoms with E-state index >= 15 is 0 Å². The fourth-order valence-electron chi connectivity index (χ4n) is 3.08. The largest absolute Gasteiger partial charge is 0.383 e. The molecule has 5 nitrogen and oxygen atoms in total. The summed E-state index contributed by atoms with van der Waals surface area (Å²) in [4.78, 5) is 18.9. The van der Waals surface area contributed by atoms with Gasteiger partial charge in [-0.3, -0.25) is 4.79 Å². The molecule has 2 aromatic rings. The van der Waals surface area contributed by atoms with Crippen LogP contribution in [0.1, 0.15) is 28.9 Å². The highest BCUT2D eigenvalue weighted by Gasteiger charge is 2.29. The molecule has 0 saturated carbocycles. The molecule has 0 radical (unpaired) electrons. The molecular formula is C19H19N3O2. The number of carbonyl (C=O) groups is 1. The number of nitrogens with zero attached hydrogens (tertiary/aromatic N) is 3. The number of pyridine rings is 1. The highest BCUT2D eigenvalue weighted by atomic mass is 16.5. The number of nitriles is 1. The summed E-state index contributed by atoms with van der Waals surface area (Å²) in [6, 6.07) is 14.9. The van der Waals surface area contributed by atoms with Crippen LogP contribution in [0, 0.1) is 11.3 Å². The molecule has 1 atom stereocenters. The average molecular weight is 321 g/mol. The molecule has 1 aliphatic rings. The Balaban J connectivity index is 1.79. The molecule has 3 rings (SSSR count). The van der Waals surface area contributed by atoms with E-state index in [0.717, 1.165) is 30.6 Å². The third-order valence-electron chi connectivity index (χ3n) is 4.29. The number of methoxy groups -OCH3 is 1. The van der Waals surface area contributed by atoms with Gasteiger partial charge < -0.3 is 9.64 Å². The van der Waals surface area contributed by atoms with Gasteiger partial charge in [0, 0.05) is 24.8 Å². The molecule has 2 heterocycles. The Labute approximate surface area is 141 Å². The van der Waals surface area contributed by atoms with E-state index in [9.17, 15) is 4.79 Å². The number of hydrogen-bond acceptors (Lipinski definition) is 4. The van der Waals surface area contributed by atoms with E-state index in [0.29, 0.717) is 17.9 Å². The first-order chi connectivity index (χ1) is 11.7. The van der Waals surface area contributed by atoms with Crippen LogP contribution in [-0.4, -0.2) is 42.1 Å². The predicted octanol–water partition coefficient (Wildman–Crippen LogP) is 2.87. The Morgan fingerprint density at radius 2 is 2.12 bits per heavy atom. The van der Waals surface area contributed by atoms with Crippen molar-refractivity contribution >= 4 is 5.91 Å². The molecule has 1 fully saturated rings. The maximum atomic E-state index is 12.7. The lowest BCUT2D eigenvalue weighted by Crippen LogP contribution is -2.38. The molecule has 5 heteroatoms. The fraction of sp³-hybridized carbons (Fsp3) is 0.316. The first-order valence-corrected chi connectivity index (χ1v) is 8.00. The van der Waals surface area contributed by atoms with Gasteiger partial charge in [-0.05, 0) is 37.1 Å². The Morgan fingerprint density at radius 1 is 1.33 bits per heavy atom. The number of amides is 1. The number of ether oxygens (including phenoxy) is 1. The zero-order chi connectivity index (χ0) is 16.9. The Bertz CT molecular complexity index is 765. The second-order valence-corrected chi connectivity index (χ2v) is 5.85. The normalized spacial score (nSPS) is 16.8. The van der Waals surface area contributed by atoms with Crippen molar-refractivity contribution in [2.75, 3.05) is 20.3 Å². The van der Waals surface area contributed by atoms with Crippen molar-refractivity contribution in [3.05, 3.63) is 53.7 Å². The van der Waals surface area contributed by atoms with Crippen LogP contribution >= 0.6 is 0 Å². The number of rotatable bonds is 4. The van der Waals surface area contributed by atoms with Gasteiger partial charge in [0.1, 0.15) is 11.8 Å². The smallest absolute Gasteiger partial charge is 0.254 e. The summed E-state index contributed by atoms with van der Waals surface area (Å²) in [6.45, 7) is 1.36. The zero-order valence-electron chi connectivity index (χ0n) is 13.6. The van der Waals surface area contributed by atoms with Gasteiger partial charge in [0.25, 0.3) is 5.91 Å². The van der Waals surface area contributed by atoms with Crippen LogP contribution in [0.25, 0.3) is 11.3 Å². The standard InChI is InChI=1S/C19H19N3O2/c1-24-13-17-5-3-11-22(17)19(23)15-9-7-14(8-10-15)18-6-2-4-16(12-20)21-18/h2,4,6-10,17H,3,5,11,13H2,1H3/t17-/m0/s1. The van der Waals surface area contributed by atoms with Crippen molar-refractivity contribution in [2.45, 2.75) is 18.9 Å². The van der Waals surface area contributed by atoms with Crippen LogP contribution in [0.5, 0.6) is 0 Å². The molecular weight excluding hydrogens is 302 g/mol. The van der Waals surface area contributed by atoms with Crippen molar-refractivity contribution in [3.63, 3.8) is 0 Å². The monoisotopic (exact) mass is 321 g/mol. The quantitative estimate of drug-likeness (QED) is 0.868. The molecule has 0 spiro atoms. The van der Waals surface area contributed by atoms with Crippen molar-refractivity contribution in [3.8, 4) is 17.3 Å². The molecule has 1 aromatic carbocycles. The van der Waals surface area contributed by atoms with Gasteiger partial charge in [-0.15, -0.1) is 0 Å². The minimum atomic E-state index is 0.0415. The van der Waals surface area contributed by atoms with E-state index in [1.165, 1.54) is 0 Å². The summed E-state index contributed by atoms with van der Waals surface area (Å²) >= 11 is 0. The lowest BCUT2D eigenvalue weighted by atomic mass is 10.1. The molecule has 0 N–H and O–H groups in total. The predicted molar refractivity (Wildman–Crippen MR) is 90.3 cm³/mol. The van der Waals surface area contributed by atoms with E-state index < -0.39 is 0 Å². The number of aromatic nitrogens is 1. The fourth-order valence-corrected chi connectivity index (χ4v) is 3.08. The number of carbonyl (C=O) groups excluding carboxylic acids is 1. The minimum Gasteiger partial charge on any atom is -0.383 e. The highest BCUT2D eigenvalue weighted by molar-refractivity contribution is 5.95. The van der Waals surface area contributed by atoms with E-state index in [1.54, 1.807) is 19.2 Å². The molecule has 1 aromatic heterocycles. The molecule has 1 amide bonds. The summed E-state index contributed by atoms with van der Waals surface area (Å²) in [5.74, 6) is 0.0415. The van der Waals surface area contributed by atoms with Gasteiger partial charge >= 0.3 is 0 Å². The number of likely N-dealkylation sites (tertiary alicyclic amines) is 1. The summed E-state index contributed by atoms with van der Waals surface area (Å²) in [6.07, 6.45) is 2.01. The van der Waals surface area contributed by atoms with Crippen molar-refractivity contribution in [1.82, 2.24) is 9.88 Å². The lowest BCUT2D eigenvalue weighted by molar-refractivity contribution is 0.0630. The van der Waals surface area contributed by atoms with Crippen LogP contribution in [0.4, 0.5) is 0 Å². The third kappa shape index (κ3) is 3.29. The van der Waals surface area contributed by atoms with Gasteiger partial charge in [-0.25, -0.2) is 4.98 Å². The topological polar surface area (TPSA) is 66.2 Å². The summed E-state index contributed by atoms with van der Waals surface area (Å²) in [5, 5.41) is 8.94. The maximum Gasteiger partial charge on any atom is 0.254 e. The Hall–Kier alpha value is -2.71. The number of hydrogen-bond donors (Lipinski definition) is 0. The van der Waals surface area contributed by atoms with Gasteiger partial charge in [-0.1, -0.05) is 18.2 Å². The highest BCUT2D eigenvalue weighted by Crippen LogP contribution is 2.22. The van der Waals surface area contributed by atoms with Crippen LogP contribution in [-0.2, 0) is 4.74 Å². The molecule has 122 valence electrons. The van der Waals surface area contributed by atoms with Crippen LogP contribution in [0.15, 0.2) is 42.5 Å².